The number of halogens is 1. The minimum Gasteiger partial charge on any atom is -0.219 e. The summed E-state index contributed by atoms with van der Waals surface area (Å²) >= 11 is 2.26. The number of hydrogen-bond acceptors (Lipinski definition) is 2. The highest BCUT2D eigenvalue weighted by Crippen LogP contribution is 2.34. The molecule has 0 radical (unpaired) electrons. The summed E-state index contributed by atoms with van der Waals surface area (Å²) < 4.78 is 26.7. The second kappa shape index (κ2) is 5.33. The van der Waals surface area contributed by atoms with Crippen molar-refractivity contribution < 1.29 is 8.42 Å². The zero-order valence-corrected chi connectivity index (χ0v) is 13.7. The Morgan fingerprint density at radius 1 is 1.00 bits per heavy atom. The molecule has 0 unspecified atom stereocenters. The molecule has 2 aromatic carbocycles. The van der Waals surface area contributed by atoms with Crippen molar-refractivity contribution in [3.05, 3.63) is 69.3 Å². The molecule has 0 bridgehead atoms. The van der Waals surface area contributed by atoms with Gasteiger partial charge in [-0.25, -0.2) is 8.42 Å². The summed E-state index contributed by atoms with van der Waals surface area (Å²) in [5.74, 6) is 0. The first-order valence-corrected chi connectivity index (χ1v) is 8.94. The molecule has 0 spiro atoms. The SMILES string of the molecule is O=S(=O)(C1=CCCc2cc(I)ccc21)c1ccccc1. The summed E-state index contributed by atoms with van der Waals surface area (Å²) in [6, 6.07) is 14.6. The van der Waals surface area contributed by atoms with E-state index in [2.05, 4.69) is 28.7 Å². The zero-order valence-electron chi connectivity index (χ0n) is 10.7. The van der Waals surface area contributed by atoms with Crippen LogP contribution in [-0.4, -0.2) is 8.42 Å². The van der Waals surface area contributed by atoms with E-state index in [-0.39, 0.29) is 0 Å². The van der Waals surface area contributed by atoms with Crippen LogP contribution in [0.15, 0.2) is 59.5 Å². The lowest BCUT2D eigenvalue weighted by atomic mass is 9.97. The molecule has 1 aliphatic carbocycles. The molecule has 3 rings (SSSR count). The Labute approximate surface area is 132 Å². The van der Waals surface area contributed by atoms with Crippen molar-refractivity contribution in [2.24, 2.45) is 0 Å². The first kappa shape index (κ1) is 13.8. The Kier molecular flexibility index (Phi) is 3.69. The number of aryl methyl sites for hydroxylation is 1. The third kappa shape index (κ3) is 2.42. The fourth-order valence-electron chi connectivity index (χ4n) is 2.46. The standard InChI is InChI=1S/C16H13IO2S/c17-13-9-10-15-12(11-13)5-4-8-16(15)20(18,19)14-6-2-1-3-7-14/h1-3,6-11H,4-5H2. The Morgan fingerprint density at radius 3 is 2.50 bits per heavy atom. The summed E-state index contributed by atoms with van der Waals surface area (Å²) in [5.41, 5.74) is 1.97. The third-order valence-electron chi connectivity index (χ3n) is 3.42. The first-order chi connectivity index (χ1) is 9.59. The molecule has 1 aliphatic rings. The molecule has 0 atom stereocenters. The van der Waals surface area contributed by atoms with E-state index in [0.29, 0.717) is 9.80 Å². The normalized spacial score (nSPS) is 14.6. The molecule has 102 valence electrons. The summed E-state index contributed by atoms with van der Waals surface area (Å²) in [6.07, 6.45) is 3.52. The maximum atomic E-state index is 12.8. The Balaban J connectivity index is 2.15. The largest absolute Gasteiger partial charge is 0.219 e. The van der Waals surface area contributed by atoms with Crippen molar-refractivity contribution >= 4 is 37.3 Å². The lowest BCUT2D eigenvalue weighted by molar-refractivity contribution is 0.605. The summed E-state index contributed by atoms with van der Waals surface area (Å²) in [7, 11) is -3.43. The van der Waals surface area contributed by atoms with E-state index < -0.39 is 9.84 Å². The van der Waals surface area contributed by atoms with E-state index in [1.165, 1.54) is 0 Å². The molecular weight excluding hydrogens is 383 g/mol. The average molecular weight is 396 g/mol. The Bertz CT molecular complexity index is 777. The third-order valence-corrected chi connectivity index (χ3v) is 5.95. The maximum Gasteiger partial charge on any atom is 0.206 e. The van der Waals surface area contributed by atoms with Gasteiger partial charge in [-0.1, -0.05) is 30.3 Å². The van der Waals surface area contributed by atoms with Gasteiger partial charge in [0.15, 0.2) is 0 Å². The highest BCUT2D eigenvalue weighted by molar-refractivity contribution is 14.1. The van der Waals surface area contributed by atoms with Gasteiger partial charge in [0.2, 0.25) is 9.84 Å². The van der Waals surface area contributed by atoms with Gasteiger partial charge in [-0.2, -0.15) is 0 Å². The lowest BCUT2D eigenvalue weighted by Crippen LogP contribution is -2.09. The zero-order chi connectivity index (χ0) is 14.2. The molecule has 0 aromatic heterocycles. The van der Waals surface area contributed by atoms with Crippen LogP contribution in [0.1, 0.15) is 17.5 Å². The molecule has 0 aliphatic heterocycles. The van der Waals surface area contributed by atoms with Crippen LogP contribution in [0.4, 0.5) is 0 Å². The topological polar surface area (TPSA) is 34.1 Å². The van der Waals surface area contributed by atoms with Crippen molar-refractivity contribution in [3.63, 3.8) is 0 Å². The molecule has 0 amide bonds. The first-order valence-electron chi connectivity index (χ1n) is 6.38. The van der Waals surface area contributed by atoms with Crippen molar-refractivity contribution in [2.45, 2.75) is 17.7 Å². The van der Waals surface area contributed by atoms with Crippen molar-refractivity contribution in [3.8, 4) is 0 Å². The average Bonchev–Trinajstić information content (AvgIpc) is 2.47. The molecule has 20 heavy (non-hydrogen) atoms. The predicted molar refractivity (Wildman–Crippen MR) is 89.1 cm³/mol. The van der Waals surface area contributed by atoms with Gasteiger partial charge < -0.3 is 0 Å². The molecule has 0 fully saturated rings. The van der Waals surface area contributed by atoms with Gasteiger partial charge in [0.1, 0.15) is 0 Å². The van der Waals surface area contributed by atoms with Gasteiger partial charge in [-0.05, 0) is 70.8 Å². The predicted octanol–water partition coefficient (Wildman–Crippen LogP) is 4.05. The highest BCUT2D eigenvalue weighted by atomic mass is 127. The molecule has 4 heteroatoms. The van der Waals surface area contributed by atoms with E-state index in [9.17, 15) is 8.42 Å². The van der Waals surface area contributed by atoms with Crippen molar-refractivity contribution in [1.29, 1.82) is 0 Å². The molecule has 2 aromatic rings. The van der Waals surface area contributed by atoms with Crippen LogP contribution in [0.3, 0.4) is 0 Å². The number of sulfone groups is 1. The molecule has 2 nitrogen and oxygen atoms in total. The van der Waals surface area contributed by atoms with Gasteiger partial charge in [0.05, 0.1) is 9.80 Å². The van der Waals surface area contributed by atoms with Gasteiger partial charge in [0, 0.05) is 3.57 Å². The van der Waals surface area contributed by atoms with Crippen LogP contribution >= 0.6 is 22.6 Å². The van der Waals surface area contributed by atoms with Crippen LogP contribution in [0.2, 0.25) is 0 Å². The van der Waals surface area contributed by atoms with E-state index in [4.69, 9.17) is 0 Å². The molecular formula is C16H13IO2S. The minimum atomic E-state index is -3.43. The quantitative estimate of drug-likeness (QED) is 0.718. The van der Waals surface area contributed by atoms with E-state index >= 15 is 0 Å². The monoisotopic (exact) mass is 396 g/mol. The number of rotatable bonds is 2. The summed E-state index contributed by atoms with van der Waals surface area (Å²) in [4.78, 5) is 0.805. The van der Waals surface area contributed by atoms with Crippen LogP contribution < -0.4 is 0 Å². The second-order valence-electron chi connectivity index (χ2n) is 4.73. The van der Waals surface area contributed by atoms with Crippen molar-refractivity contribution in [1.82, 2.24) is 0 Å². The van der Waals surface area contributed by atoms with Crippen LogP contribution in [0.25, 0.3) is 4.91 Å². The highest BCUT2D eigenvalue weighted by Gasteiger charge is 2.25. The van der Waals surface area contributed by atoms with Crippen LogP contribution in [0.5, 0.6) is 0 Å². The Hall–Kier alpha value is -1.14. The van der Waals surface area contributed by atoms with Crippen molar-refractivity contribution in [2.75, 3.05) is 0 Å². The molecule has 0 heterocycles. The van der Waals surface area contributed by atoms with E-state index in [1.54, 1.807) is 24.3 Å². The Morgan fingerprint density at radius 2 is 1.75 bits per heavy atom. The van der Waals surface area contributed by atoms with Gasteiger partial charge in [-0.3, -0.25) is 0 Å². The van der Waals surface area contributed by atoms with Gasteiger partial charge in [-0.15, -0.1) is 0 Å². The fraction of sp³-hybridized carbons (Fsp3) is 0.125. The number of hydrogen-bond donors (Lipinski definition) is 0. The molecule has 0 saturated carbocycles. The minimum absolute atomic E-state index is 0.359. The molecule has 0 N–H and O–H groups in total. The number of benzene rings is 2. The fourth-order valence-corrected chi connectivity index (χ4v) is 4.61. The van der Waals surface area contributed by atoms with Crippen LogP contribution in [-0.2, 0) is 16.3 Å². The summed E-state index contributed by atoms with van der Waals surface area (Å²) in [5, 5.41) is 0. The summed E-state index contributed by atoms with van der Waals surface area (Å²) in [6.45, 7) is 0. The maximum absolute atomic E-state index is 12.8. The molecule has 0 saturated heterocycles. The second-order valence-corrected chi connectivity index (χ2v) is 7.89. The van der Waals surface area contributed by atoms with Crippen LogP contribution in [0, 0.1) is 3.57 Å². The van der Waals surface area contributed by atoms with E-state index in [1.807, 2.05) is 24.3 Å². The number of allylic oxidation sites excluding steroid dienone is 1. The van der Waals surface area contributed by atoms with Gasteiger partial charge >= 0.3 is 0 Å². The van der Waals surface area contributed by atoms with Gasteiger partial charge in [0.25, 0.3) is 0 Å². The number of fused-ring (bicyclic) bond motifs is 1. The lowest BCUT2D eigenvalue weighted by Gasteiger charge is -2.18. The van der Waals surface area contributed by atoms with E-state index in [0.717, 1.165) is 27.5 Å². The smallest absolute Gasteiger partial charge is 0.206 e.